The average molecular weight is 528 g/mol. The summed E-state index contributed by atoms with van der Waals surface area (Å²) < 4.78 is 0. The predicted octanol–water partition coefficient (Wildman–Crippen LogP) is 6.34. The van der Waals surface area contributed by atoms with Crippen molar-refractivity contribution in [1.82, 2.24) is 20.3 Å². The maximum Gasteiger partial charge on any atom is 0.251 e. The van der Waals surface area contributed by atoms with Gasteiger partial charge in [-0.25, -0.2) is 9.97 Å². The topological polar surface area (TPSA) is 96.7 Å². The van der Waals surface area contributed by atoms with Gasteiger partial charge >= 0.3 is 0 Å². The van der Waals surface area contributed by atoms with Crippen LogP contribution in [0.5, 0.6) is 0 Å². The maximum absolute atomic E-state index is 12.7. The number of hydrogen-bond acceptors (Lipinski definition) is 4. The number of fused-ring (bicyclic) bond motifs is 2. The number of carbonyl (C=O) groups is 1. The van der Waals surface area contributed by atoms with Gasteiger partial charge in [-0.1, -0.05) is 65.9 Å². The molecule has 0 bridgehead atoms. The zero-order valence-corrected chi connectivity index (χ0v) is 21.5. The van der Waals surface area contributed by atoms with Crippen molar-refractivity contribution >= 4 is 45.1 Å². The number of anilines is 1. The van der Waals surface area contributed by atoms with Crippen LogP contribution in [0.3, 0.4) is 0 Å². The van der Waals surface area contributed by atoms with Gasteiger partial charge in [0.25, 0.3) is 5.91 Å². The summed E-state index contributed by atoms with van der Waals surface area (Å²) in [5, 5.41) is 5.34. The smallest absolute Gasteiger partial charge is 0.251 e. The molecule has 6 rings (SSSR count). The van der Waals surface area contributed by atoms with Crippen molar-refractivity contribution in [3.05, 3.63) is 124 Å². The van der Waals surface area contributed by atoms with Crippen LogP contribution in [-0.4, -0.2) is 20.9 Å². The Kier molecular flexibility index (Phi) is 6.42. The molecule has 188 valence electrons. The third-order valence-corrected chi connectivity index (χ3v) is 6.67. The molecule has 0 aliphatic carbocycles. The van der Waals surface area contributed by atoms with Gasteiger partial charge in [-0.15, -0.1) is 0 Å². The van der Waals surface area contributed by atoms with E-state index in [9.17, 15) is 4.79 Å². The van der Waals surface area contributed by atoms with Crippen molar-refractivity contribution in [3.8, 4) is 23.2 Å². The zero-order chi connectivity index (χ0) is 26.8. The van der Waals surface area contributed by atoms with Gasteiger partial charge in [0.2, 0.25) is 0 Å². The van der Waals surface area contributed by atoms with Crippen LogP contribution < -0.4 is 11.1 Å². The number of nitrogens with zero attached hydrogens (tertiary/aromatic N) is 2. The summed E-state index contributed by atoms with van der Waals surface area (Å²) in [4.78, 5) is 24.9. The maximum atomic E-state index is 12.7. The molecule has 0 aliphatic rings. The second kappa shape index (κ2) is 10.3. The first-order chi connectivity index (χ1) is 19.0. The molecule has 0 saturated heterocycles. The number of nitrogens with one attached hydrogen (secondary N) is 2. The molecule has 2 heterocycles. The number of pyridine rings is 1. The Labute approximate surface area is 229 Å². The number of hydrogen-bond donors (Lipinski definition) is 3. The Balaban J connectivity index is 1.11. The minimum Gasteiger partial charge on any atom is -0.383 e. The Bertz CT molecular complexity index is 1860. The number of nitrogen functional groups attached to an aromatic ring is 1. The number of carbonyl (C=O) groups excluding carboxylic acids is 1. The molecule has 0 atom stereocenters. The van der Waals surface area contributed by atoms with Gasteiger partial charge in [0.05, 0.1) is 16.6 Å². The van der Waals surface area contributed by atoms with Crippen molar-refractivity contribution < 1.29 is 4.79 Å². The van der Waals surface area contributed by atoms with Gasteiger partial charge < -0.3 is 16.0 Å². The summed E-state index contributed by atoms with van der Waals surface area (Å²) in [6.45, 7) is 0.413. The lowest BCUT2D eigenvalue weighted by Crippen LogP contribution is -2.22. The highest BCUT2D eigenvalue weighted by molar-refractivity contribution is 6.31. The molecular formula is C32H22ClN5O. The predicted molar refractivity (Wildman–Crippen MR) is 156 cm³/mol. The van der Waals surface area contributed by atoms with Crippen LogP contribution in [0.4, 0.5) is 5.82 Å². The van der Waals surface area contributed by atoms with Crippen molar-refractivity contribution in [2.75, 3.05) is 5.73 Å². The minimum atomic E-state index is -0.159. The SMILES string of the molecule is Nc1ncc2ccc(Cl)cc2c1C#Cc1ccc(C(=O)NCc2ccc(-c3nc4ccccc4[nH]3)cc2)cc1. The van der Waals surface area contributed by atoms with Gasteiger partial charge in [-0.05, 0) is 54.1 Å². The normalized spacial score (nSPS) is 10.8. The Morgan fingerprint density at radius 1 is 0.949 bits per heavy atom. The van der Waals surface area contributed by atoms with Gasteiger partial charge in [0, 0.05) is 45.2 Å². The van der Waals surface area contributed by atoms with Crippen LogP contribution >= 0.6 is 11.6 Å². The molecule has 6 aromatic rings. The fourth-order valence-electron chi connectivity index (χ4n) is 4.32. The fraction of sp³-hybridized carbons (Fsp3) is 0.0312. The first kappa shape index (κ1) is 24.2. The summed E-state index contributed by atoms with van der Waals surface area (Å²) in [5.41, 5.74) is 11.9. The number of aromatic amines is 1. The van der Waals surface area contributed by atoms with Gasteiger partial charge in [0.1, 0.15) is 11.6 Å². The summed E-state index contributed by atoms with van der Waals surface area (Å²) in [5.74, 6) is 7.23. The molecule has 0 fully saturated rings. The molecule has 7 heteroatoms. The molecule has 6 nitrogen and oxygen atoms in total. The number of para-hydroxylation sites is 2. The number of benzene rings is 4. The molecule has 0 radical (unpaired) electrons. The van der Waals surface area contributed by atoms with Crippen LogP contribution in [0.1, 0.15) is 27.0 Å². The van der Waals surface area contributed by atoms with Crippen molar-refractivity contribution in [2.45, 2.75) is 6.54 Å². The highest BCUT2D eigenvalue weighted by Crippen LogP contribution is 2.25. The van der Waals surface area contributed by atoms with Crippen LogP contribution in [0.15, 0.2) is 97.2 Å². The van der Waals surface area contributed by atoms with Crippen LogP contribution in [0, 0.1) is 11.8 Å². The van der Waals surface area contributed by atoms with Crippen molar-refractivity contribution in [3.63, 3.8) is 0 Å². The zero-order valence-electron chi connectivity index (χ0n) is 20.7. The standard InChI is InChI=1S/C32H22ClN5O/c33-25-15-14-24-19-35-30(34)26(27(24)17-25)16-9-20-5-12-23(13-6-20)32(39)36-18-21-7-10-22(11-8-21)31-37-28-3-1-2-4-29(28)38-31/h1-8,10-15,17,19H,18H2,(H2,34,35)(H,36,39)(H,37,38). The molecule has 0 unspecified atom stereocenters. The third-order valence-electron chi connectivity index (χ3n) is 6.43. The van der Waals surface area contributed by atoms with E-state index in [1.165, 1.54) is 0 Å². The molecule has 4 aromatic carbocycles. The Morgan fingerprint density at radius 2 is 1.74 bits per heavy atom. The van der Waals surface area contributed by atoms with E-state index in [0.717, 1.165) is 44.3 Å². The highest BCUT2D eigenvalue weighted by atomic mass is 35.5. The first-order valence-electron chi connectivity index (χ1n) is 12.3. The Morgan fingerprint density at radius 3 is 2.54 bits per heavy atom. The molecule has 4 N–H and O–H groups in total. The summed E-state index contributed by atoms with van der Waals surface area (Å²) in [6.07, 6.45) is 1.70. The van der Waals surface area contributed by atoms with E-state index < -0.39 is 0 Å². The van der Waals surface area contributed by atoms with E-state index in [1.807, 2.05) is 72.8 Å². The van der Waals surface area contributed by atoms with Gasteiger partial charge in [0.15, 0.2) is 0 Å². The lowest BCUT2D eigenvalue weighted by atomic mass is 10.1. The van der Waals surface area contributed by atoms with Crippen LogP contribution in [0.25, 0.3) is 33.2 Å². The summed E-state index contributed by atoms with van der Waals surface area (Å²) in [6, 6.07) is 28.6. The van der Waals surface area contributed by atoms with Gasteiger partial charge in [-0.3, -0.25) is 4.79 Å². The second-order valence-corrected chi connectivity index (χ2v) is 9.50. The van der Waals surface area contributed by atoms with Crippen molar-refractivity contribution in [2.24, 2.45) is 0 Å². The van der Waals surface area contributed by atoms with E-state index in [2.05, 4.69) is 32.1 Å². The monoisotopic (exact) mass is 527 g/mol. The summed E-state index contributed by atoms with van der Waals surface area (Å²) in [7, 11) is 0. The van der Waals surface area contributed by atoms with Gasteiger partial charge in [-0.2, -0.15) is 0 Å². The molecule has 2 aromatic heterocycles. The number of nitrogens with two attached hydrogens (primary N) is 1. The first-order valence-corrected chi connectivity index (χ1v) is 12.7. The van der Waals surface area contributed by atoms with E-state index in [1.54, 1.807) is 24.4 Å². The lowest BCUT2D eigenvalue weighted by Gasteiger charge is -2.06. The molecule has 1 amide bonds. The minimum absolute atomic E-state index is 0.159. The highest BCUT2D eigenvalue weighted by Gasteiger charge is 2.08. The molecule has 39 heavy (non-hydrogen) atoms. The Hall–Kier alpha value is -5.12. The number of aromatic nitrogens is 3. The fourth-order valence-corrected chi connectivity index (χ4v) is 4.50. The quantitative estimate of drug-likeness (QED) is 0.233. The number of rotatable bonds is 4. The number of halogens is 1. The molecular weight excluding hydrogens is 506 g/mol. The number of amides is 1. The third kappa shape index (κ3) is 5.17. The van der Waals surface area contributed by atoms with Crippen molar-refractivity contribution in [1.29, 1.82) is 0 Å². The van der Waals surface area contributed by atoms with Crippen LogP contribution in [-0.2, 0) is 6.54 Å². The van der Waals surface area contributed by atoms with E-state index in [-0.39, 0.29) is 5.91 Å². The molecule has 0 aliphatic heterocycles. The largest absolute Gasteiger partial charge is 0.383 e. The average Bonchev–Trinajstić information content (AvgIpc) is 3.40. The second-order valence-electron chi connectivity index (χ2n) is 9.06. The number of H-pyrrole nitrogens is 1. The lowest BCUT2D eigenvalue weighted by molar-refractivity contribution is 0.0951. The van der Waals surface area contributed by atoms with E-state index in [4.69, 9.17) is 17.3 Å². The van der Waals surface area contributed by atoms with E-state index in [0.29, 0.717) is 28.5 Å². The molecule has 0 spiro atoms. The number of imidazole rings is 1. The molecule has 0 saturated carbocycles. The van der Waals surface area contributed by atoms with Crippen LogP contribution in [0.2, 0.25) is 5.02 Å². The summed E-state index contributed by atoms with van der Waals surface area (Å²) >= 11 is 6.17. The van der Waals surface area contributed by atoms with E-state index >= 15 is 0 Å².